The summed E-state index contributed by atoms with van der Waals surface area (Å²) in [6, 6.07) is 2.62. The van der Waals surface area contributed by atoms with E-state index in [-0.39, 0.29) is 16.9 Å². The minimum atomic E-state index is -0.384. The zero-order valence-corrected chi connectivity index (χ0v) is 10.1. The molecule has 70 valence electrons. The summed E-state index contributed by atoms with van der Waals surface area (Å²) < 4.78 is 13.6. The maximum absolute atomic E-state index is 12.9. The summed E-state index contributed by atoms with van der Waals surface area (Å²) in [5.74, 6) is -0.514. The second-order valence-corrected chi connectivity index (χ2v) is 3.99. The molecule has 0 aliphatic rings. The number of carbonyl (C=O) groups excluding carboxylic acids is 1. The molecule has 0 heterocycles. The highest BCUT2D eigenvalue weighted by molar-refractivity contribution is 9.10. The molecule has 13 heavy (non-hydrogen) atoms. The Balaban J connectivity index is 3.28. The first kappa shape index (κ1) is 10.9. The summed E-state index contributed by atoms with van der Waals surface area (Å²) in [7, 11) is 0. The first-order valence-electron chi connectivity index (χ1n) is 3.61. The molecular weight excluding hydrogens is 303 g/mol. The number of hydrogen-bond acceptors (Lipinski definition) is 1. The summed E-state index contributed by atoms with van der Waals surface area (Å²) in [6.45, 7) is 1.75. The van der Waals surface area contributed by atoms with Gasteiger partial charge >= 0.3 is 0 Å². The van der Waals surface area contributed by atoms with Gasteiger partial charge in [-0.3, -0.25) is 4.79 Å². The van der Waals surface area contributed by atoms with Crippen molar-refractivity contribution in [1.29, 1.82) is 0 Å². The highest BCUT2D eigenvalue weighted by atomic mass is 79.9. The molecule has 0 saturated carbocycles. The third-order valence-corrected chi connectivity index (χ3v) is 3.20. The fourth-order valence-electron chi connectivity index (χ4n) is 1.00. The summed E-state index contributed by atoms with van der Waals surface area (Å²) in [5.41, 5.74) is 1.11. The maximum Gasteiger partial charge on any atom is 0.174 e. The SMILES string of the molecule is Cc1cc(F)cc(C(=O)CBr)c1Br. The van der Waals surface area contributed by atoms with Gasteiger partial charge < -0.3 is 0 Å². The van der Waals surface area contributed by atoms with Crippen LogP contribution in [0.3, 0.4) is 0 Å². The predicted molar refractivity (Wildman–Crippen MR) is 57.0 cm³/mol. The summed E-state index contributed by atoms with van der Waals surface area (Å²) in [6.07, 6.45) is 0. The van der Waals surface area contributed by atoms with Gasteiger partial charge in [-0.2, -0.15) is 0 Å². The molecule has 4 heteroatoms. The molecular formula is C9H7Br2FO. The van der Waals surface area contributed by atoms with Crippen LogP contribution in [0.25, 0.3) is 0 Å². The van der Waals surface area contributed by atoms with Crippen LogP contribution in [0.4, 0.5) is 4.39 Å². The molecule has 0 aromatic heterocycles. The Morgan fingerprint density at radius 1 is 1.54 bits per heavy atom. The minimum absolute atomic E-state index is 0.130. The van der Waals surface area contributed by atoms with Crippen LogP contribution in [-0.2, 0) is 0 Å². The first-order valence-corrected chi connectivity index (χ1v) is 5.52. The van der Waals surface area contributed by atoms with Crippen LogP contribution in [0.15, 0.2) is 16.6 Å². The molecule has 0 atom stereocenters. The molecule has 0 unspecified atom stereocenters. The number of carbonyl (C=O) groups is 1. The number of benzene rings is 1. The van der Waals surface area contributed by atoms with Gasteiger partial charge in [0.05, 0.1) is 5.33 Å². The summed E-state index contributed by atoms with van der Waals surface area (Å²) >= 11 is 6.29. The number of halogens is 3. The Morgan fingerprint density at radius 2 is 2.15 bits per heavy atom. The van der Waals surface area contributed by atoms with Crippen LogP contribution in [0, 0.1) is 12.7 Å². The average Bonchev–Trinajstić information content (AvgIpc) is 2.10. The van der Waals surface area contributed by atoms with Crippen LogP contribution < -0.4 is 0 Å². The highest BCUT2D eigenvalue weighted by Gasteiger charge is 2.11. The molecule has 0 radical (unpaired) electrons. The quantitative estimate of drug-likeness (QED) is 0.604. The lowest BCUT2D eigenvalue weighted by atomic mass is 10.1. The zero-order chi connectivity index (χ0) is 10.0. The van der Waals surface area contributed by atoms with Gasteiger partial charge in [0.2, 0.25) is 0 Å². The van der Waals surface area contributed by atoms with Crippen molar-refractivity contribution < 1.29 is 9.18 Å². The van der Waals surface area contributed by atoms with Gasteiger partial charge in [0.1, 0.15) is 5.82 Å². The molecule has 0 aliphatic heterocycles. The molecule has 0 spiro atoms. The zero-order valence-electron chi connectivity index (χ0n) is 6.90. The Morgan fingerprint density at radius 3 is 2.69 bits per heavy atom. The van der Waals surface area contributed by atoms with Crippen molar-refractivity contribution in [2.75, 3.05) is 5.33 Å². The van der Waals surface area contributed by atoms with Crippen molar-refractivity contribution in [1.82, 2.24) is 0 Å². The van der Waals surface area contributed by atoms with Crippen molar-refractivity contribution >= 4 is 37.6 Å². The standard InChI is InChI=1S/C9H7Br2FO/c1-5-2-6(12)3-7(9(5)11)8(13)4-10/h2-3H,4H2,1H3. The molecule has 1 nitrogen and oxygen atoms in total. The van der Waals surface area contributed by atoms with Crippen LogP contribution in [0.2, 0.25) is 0 Å². The van der Waals surface area contributed by atoms with Gasteiger partial charge in [0, 0.05) is 10.0 Å². The van der Waals surface area contributed by atoms with Crippen molar-refractivity contribution in [2.45, 2.75) is 6.92 Å². The largest absolute Gasteiger partial charge is 0.293 e. The Hall–Kier alpha value is -0.220. The van der Waals surface area contributed by atoms with Crippen molar-refractivity contribution in [3.05, 3.63) is 33.5 Å². The van der Waals surface area contributed by atoms with E-state index in [1.165, 1.54) is 12.1 Å². The van der Waals surface area contributed by atoms with E-state index in [0.29, 0.717) is 10.0 Å². The fraction of sp³-hybridized carbons (Fsp3) is 0.222. The van der Waals surface area contributed by atoms with Crippen LogP contribution in [0.1, 0.15) is 15.9 Å². The summed E-state index contributed by atoms with van der Waals surface area (Å²) in [4.78, 5) is 11.3. The van der Waals surface area contributed by atoms with Crippen molar-refractivity contribution in [3.8, 4) is 0 Å². The van der Waals surface area contributed by atoms with E-state index < -0.39 is 0 Å². The van der Waals surface area contributed by atoms with E-state index >= 15 is 0 Å². The number of Topliss-reactive ketones (excluding diaryl/α,β-unsaturated/α-hetero) is 1. The monoisotopic (exact) mass is 308 g/mol. The second kappa shape index (κ2) is 4.33. The molecule has 0 fully saturated rings. The third-order valence-electron chi connectivity index (χ3n) is 1.64. The lowest BCUT2D eigenvalue weighted by Gasteiger charge is -2.04. The molecule has 0 aliphatic carbocycles. The topological polar surface area (TPSA) is 17.1 Å². The van der Waals surface area contributed by atoms with E-state index in [1.54, 1.807) is 6.92 Å². The van der Waals surface area contributed by atoms with E-state index in [2.05, 4.69) is 31.9 Å². The van der Waals surface area contributed by atoms with Gasteiger partial charge in [0.25, 0.3) is 0 Å². The van der Waals surface area contributed by atoms with Gasteiger partial charge in [-0.1, -0.05) is 15.9 Å². The first-order chi connectivity index (χ1) is 6.06. The highest BCUT2D eigenvalue weighted by Crippen LogP contribution is 2.23. The molecule has 1 rings (SSSR count). The van der Waals surface area contributed by atoms with Crippen LogP contribution >= 0.6 is 31.9 Å². The third kappa shape index (κ3) is 2.38. The number of rotatable bonds is 2. The molecule has 0 bridgehead atoms. The van der Waals surface area contributed by atoms with Gasteiger partial charge in [-0.15, -0.1) is 0 Å². The van der Waals surface area contributed by atoms with Crippen molar-refractivity contribution in [3.63, 3.8) is 0 Å². The van der Waals surface area contributed by atoms with E-state index in [0.717, 1.165) is 5.56 Å². The van der Waals surface area contributed by atoms with Crippen LogP contribution in [0.5, 0.6) is 0 Å². The molecule has 1 aromatic rings. The van der Waals surface area contributed by atoms with E-state index in [4.69, 9.17) is 0 Å². The Kier molecular flexibility index (Phi) is 3.62. The second-order valence-electron chi connectivity index (χ2n) is 2.64. The number of ketones is 1. The van der Waals surface area contributed by atoms with Crippen molar-refractivity contribution in [2.24, 2.45) is 0 Å². The Bertz CT molecular complexity index is 350. The summed E-state index contributed by atoms with van der Waals surface area (Å²) in [5, 5.41) is 0.203. The van der Waals surface area contributed by atoms with Crippen LogP contribution in [-0.4, -0.2) is 11.1 Å². The average molecular weight is 310 g/mol. The lowest BCUT2D eigenvalue weighted by Crippen LogP contribution is -2.03. The van der Waals surface area contributed by atoms with E-state index in [9.17, 15) is 9.18 Å². The molecule has 0 amide bonds. The molecule has 1 aromatic carbocycles. The number of alkyl halides is 1. The van der Waals surface area contributed by atoms with Gasteiger partial charge in [0.15, 0.2) is 5.78 Å². The molecule has 0 N–H and O–H groups in total. The minimum Gasteiger partial charge on any atom is -0.293 e. The lowest BCUT2D eigenvalue weighted by molar-refractivity contribution is 0.102. The predicted octanol–water partition coefficient (Wildman–Crippen LogP) is 3.47. The fourth-order valence-corrected chi connectivity index (χ4v) is 1.75. The van der Waals surface area contributed by atoms with Gasteiger partial charge in [-0.05, 0) is 40.5 Å². The normalized spacial score (nSPS) is 10.2. The molecule has 0 saturated heterocycles. The number of hydrogen-bond donors (Lipinski definition) is 0. The Labute approximate surface area is 92.6 Å². The maximum atomic E-state index is 12.9. The number of aryl methyl sites for hydroxylation is 1. The van der Waals surface area contributed by atoms with Gasteiger partial charge in [-0.25, -0.2) is 4.39 Å². The van der Waals surface area contributed by atoms with E-state index in [1.807, 2.05) is 0 Å². The smallest absolute Gasteiger partial charge is 0.174 e.